The number of anilines is 1. The van der Waals surface area contributed by atoms with E-state index >= 15 is 0 Å². The molecule has 6 aromatic rings. The smallest absolute Gasteiger partial charge is 0.223 e. The minimum absolute atomic E-state index is 0.0617. The van der Waals surface area contributed by atoms with Gasteiger partial charge < -0.3 is 34.0 Å². The number of imidazole rings is 1. The van der Waals surface area contributed by atoms with Crippen LogP contribution in [0, 0.1) is 0 Å². The Hall–Kier alpha value is -4.76. The molecule has 0 radical (unpaired) electrons. The Morgan fingerprint density at radius 2 is 1.36 bits per heavy atom. The summed E-state index contributed by atoms with van der Waals surface area (Å²) in [5.41, 5.74) is 10.5. The molecule has 7 rings (SSSR count). The van der Waals surface area contributed by atoms with Crippen molar-refractivity contribution >= 4 is 28.7 Å². The Kier molecular flexibility index (Phi) is 10.7. The summed E-state index contributed by atoms with van der Waals surface area (Å²) in [6, 6.07) is 30.0. The van der Waals surface area contributed by atoms with Crippen molar-refractivity contribution in [3.8, 4) is 0 Å². The molecule has 0 unspecified atom stereocenters. The average Bonchev–Trinajstić information content (AvgIpc) is 3.77. The van der Waals surface area contributed by atoms with E-state index in [-0.39, 0.29) is 11.1 Å². The molecule has 50 heavy (non-hydrogen) atoms. The van der Waals surface area contributed by atoms with Gasteiger partial charge in [0.05, 0.1) is 45.4 Å². The highest BCUT2D eigenvalue weighted by atomic mass is 35.5. The first-order chi connectivity index (χ1) is 24.5. The van der Waals surface area contributed by atoms with E-state index in [4.69, 9.17) is 41.0 Å². The van der Waals surface area contributed by atoms with E-state index in [1.165, 1.54) is 0 Å². The minimum Gasteiger partial charge on any atom is -0.368 e. The monoisotopic (exact) mass is 696 g/mol. The predicted molar refractivity (Wildman–Crippen MR) is 185 cm³/mol. The number of rotatable bonds is 14. The predicted octanol–water partition coefficient (Wildman–Crippen LogP) is 4.83. The standard InChI is InChI=1S/C36H37ClN8O5/c1-46-35-32(49-22-26-15-9-4-10-16-26)31(48-21-25-13-7-3-8-14-25)30(47-20-24-11-5-2-6-12-24)28(50-35)19-45-18-27(42-43-45)17-44-23-39-29-33(37)40-36(38)41-34(29)44/h2-16,18,23,28,30-32,35H,17,19-22H2,1H3,(H2,38,40,41)/t28-,30+,31+,32-,35+/m1/s1. The molecule has 0 amide bonds. The van der Waals surface area contributed by atoms with Crippen molar-refractivity contribution in [1.82, 2.24) is 34.5 Å². The summed E-state index contributed by atoms with van der Waals surface area (Å²) in [4.78, 5) is 12.6. The number of aromatic nitrogens is 7. The summed E-state index contributed by atoms with van der Waals surface area (Å²) in [6.45, 7) is 1.66. The number of methoxy groups -OCH3 is 1. The van der Waals surface area contributed by atoms with Crippen LogP contribution in [0.25, 0.3) is 11.2 Å². The summed E-state index contributed by atoms with van der Waals surface area (Å²) in [5.74, 6) is 0.0617. The average molecular weight is 697 g/mol. The molecule has 1 fully saturated rings. The number of fused-ring (bicyclic) bond motifs is 1. The molecule has 0 aliphatic carbocycles. The van der Waals surface area contributed by atoms with Crippen molar-refractivity contribution in [2.45, 2.75) is 63.6 Å². The maximum Gasteiger partial charge on any atom is 0.223 e. The molecule has 0 spiro atoms. The van der Waals surface area contributed by atoms with Gasteiger partial charge in [-0.3, -0.25) is 0 Å². The van der Waals surface area contributed by atoms with Gasteiger partial charge in [0.15, 0.2) is 17.1 Å². The Bertz CT molecular complexity index is 1960. The van der Waals surface area contributed by atoms with Crippen molar-refractivity contribution in [2.24, 2.45) is 0 Å². The lowest BCUT2D eigenvalue weighted by atomic mass is 9.97. The number of nitrogens with two attached hydrogens (primary N) is 1. The zero-order valence-corrected chi connectivity index (χ0v) is 28.1. The Labute approximate surface area is 293 Å². The van der Waals surface area contributed by atoms with E-state index in [2.05, 4.69) is 25.3 Å². The van der Waals surface area contributed by atoms with Gasteiger partial charge in [-0.25, -0.2) is 9.67 Å². The van der Waals surface area contributed by atoms with Crippen LogP contribution in [0.4, 0.5) is 5.95 Å². The van der Waals surface area contributed by atoms with Gasteiger partial charge in [-0.2, -0.15) is 9.97 Å². The van der Waals surface area contributed by atoms with Crippen molar-refractivity contribution < 1.29 is 23.7 Å². The second kappa shape index (κ2) is 15.9. The fourth-order valence-electron chi connectivity index (χ4n) is 5.98. The van der Waals surface area contributed by atoms with Crippen LogP contribution in [0.5, 0.6) is 0 Å². The topological polar surface area (TPSA) is 146 Å². The van der Waals surface area contributed by atoms with Gasteiger partial charge in [0.25, 0.3) is 0 Å². The molecule has 3 aromatic heterocycles. The first-order valence-electron chi connectivity index (χ1n) is 16.2. The minimum atomic E-state index is -0.753. The molecule has 1 aliphatic heterocycles. The third-order valence-corrected chi connectivity index (χ3v) is 8.67. The largest absolute Gasteiger partial charge is 0.368 e. The summed E-state index contributed by atoms with van der Waals surface area (Å²) in [6.07, 6.45) is 0.416. The lowest BCUT2D eigenvalue weighted by molar-refractivity contribution is -0.319. The Morgan fingerprint density at radius 1 is 0.780 bits per heavy atom. The second-order valence-electron chi connectivity index (χ2n) is 11.9. The molecule has 1 aliphatic rings. The van der Waals surface area contributed by atoms with Crippen molar-refractivity contribution in [3.05, 3.63) is 131 Å². The fourth-order valence-corrected chi connectivity index (χ4v) is 6.20. The highest BCUT2D eigenvalue weighted by Gasteiger charge is 2.49. The lowest BCUT2D eigenvalue weighted by Gasteiger charge is -2.45. The van der Waals surface area contributed by atoms with Crippen LogP contribution in [-0.2, 0) is 56.6 Å². The number of hydrogen-bond donors (Lipinski definition) is 1. The van der Waals surface area contributed by atoms with Crippen LogP contribution >= 0.6 is 11.6 Å². The van der Waals surface area contributed by atoms with Crippen LogP contribution < -0.4 is 5.73 Å². The number of nitrogens with zero attached hydrogens (tertiary/aromatic N) is 7. The van der Waals surface area contributed by atoms with Crippen molar-refractivity contribution in [1.29, 1.82) is 0 Å². The first-order valence-corrected chi connectivity index (χ1v) is 16.6. The zero-order valence-electron chi connectivity index (χ0n) is 27.4. The van der Waals surface area contributed by atoms with E-state index < -0.39 is 30.7 Å². The fraction of sp³-hybridized carbons (Fsp3) is 0.306. The number of benzene rings is 3. The summed E-state index contributed by atoms with van der Waals surface area (Å²) in [5, 5.41) is 9.02. The second-order valence-corrected chi connectivity index (χ2v) is 12.3. The van der Waals surface area contributed by atoms with Crippen LogP contribution in [0.2, 0.25) is 5.15 Å². The van der Waals surface area contributed by atoms with Gasteiger partial charge >= 0.3 is 0 Å². The van der Waals surface area contributed by atoms with Crippen LogP contribution in [0.3, 0.4) is 0 Å². The molecule has 258 valence electrons. The lowest BCUT2D eigenvalue weighted by Crippen LogP contribution is -2.61. The quantitative estimate of drug-likeness (QED) is 0.156. The molecule has 14 heteroatoms. The number of nitrogen functional groups attached to an aromatic ring is 1. The highest BCUT2D eigenvalue weighted by Crippen LogP contribution is 2.32. The third-order valence-electron chi connectivity index (χ3n) is 8.40. The van der Waals surface area contributed by atoms with Gasteiger partial charge in [0.2, 0.25) is 5.95 Å². The van der Waals surface area contributed by atoms with E-state index in [1.54, 1.807) is 22.7 Å². The Morgan fingerprint density at radius 3 is 1.96 bits per heavy atom. The molecule has 2 N–H and O–H groups in total. The summed E-state index contributed by atoms with van der Waals surface area (Å²) >= 11 is 6.23. The maximum atomic E-state index is 6.71. The highest BCUT2D eigenvalue weighted by molar-refractivity contribution is 6.33. The Balaban J connectivity index is 1.16. The molecule has 5 atom stereocenters. The first kappa shape index (κ1) is 33.7. The number of halogens is 1. The van der Waals surface area contributed by atoms with Gasteiger partial charge in [-0.15, -0.1) is 5.10 Å². The van der Waals surface area contributed by atoms with Gasteiger partial charge in [0, 0.05) is 7.11 Å². The van der Waals surface area contributed by atoms with E-state index in [9.17, 15) is 0 Å². The number of hydrogen-bond acceptors (Lipinski definition) is 11. The molecule has 13 nitrogen and oxygen atoms in total. The summed E-state index contributed by atoms with van der Waals surface area (Å²) in [7, 11) is 1.60. The molecule has 1 saturated heterocycles. The van der Waals surface area contributed by atoms with E-state index in [0.717, 1.165) is 16.7 Å². The van der Waals surface area contributed by atoms with E-state index in [1.807, 2.05) is 97.2 Å². The van der Waals surface area contributed by atoms with Crippen LogP contribution in [0.15, 0.2) is 104 Å². The molecule has 3 aromatic carbocycles. The zero-order chi connectivity index (χ0) is 34.3. The number of ether oxygens (including phenoxy) is 5. The maximum absolute atomic E-state index is 6.71. The van der Waals surface area contributed by atoms with Gasteiger partial charge in [-0.05, 0) is 16.7 Å². The van der Waals surface area contributed by atoms with Gasteiger partial charge in [-0.1, -0.05) is 108 Å². The molecular formula is C36H37ClN8O5. The summed E-state index contributed by atoms with van der Waals surface area (Å²) < 4.78 is 36.0. The normalized spacial score (nSPS) is 20.7. The van der Waals surface area contributed by atoms with Crippen molar-refractivity contribution in [3.63, 3.8) is 0 Å². The van der Waals surface area contributed by atoms with Crippen LogP contribution in [0.1, 0.15) is 22.4 Å². The van der Waals surface area contributed by atoms with Crippen LogP contribution in [-0.4, -0.2) is 72.3 Å². The molecular weight excluding hydrogens is 660 g/mol. The van der Waals surface area contributed by atoms with Crippen molar-refractivity contribution in [2.75, 3.05) is 12.8 Å². The SMILES string of the molecule is CO[C@H]1O[C@H](Cn2cc(Cn3cnc4c(Cl)nc(N)nc43)nn2)[C@H](OCc2ccccc2)[C@H](OCc2ccccc2)[C@H]1OCc1ccccc1. The van der Waals surface area contributed by atoms with Gasteiger partial charge in [0.1, 0.15) is 35.6 Å². The third kappa shape index (κ3) is 7.99. The molecule has 4 heterocycles. The molecule has 0 bridgehead atoms. The van der Waals surface area contributed by atoms with E-state index in [0.29, 0.717) is 49.8 Å². The molecule has 0 saturated carbocycles.